The van der Waals surface area contributed by atoms with Crippen LogP contribution >= 0.6 is 11.3 Å². The molecule has 0 aliphatic heterocycles. The van der Waals surface area contributed by atoms with Crippen LogP contribution < -0.4 is 10.9 Å². The molecule has 0 unspecified atom stereocenters. The summed E-state index contributed by atoms with van der Waals surface area (Å²) in [6, 6.07) is 7.22. The molecule has 3 rings (SSSR count). The summed E-state index contributed by atoms with van der Waals surface area (Å²) in [5.74, 6) is 0.791. The van der Waals surface area contributed by atoms with Crippen molar-refractivity contribution in [1.82, 2.24) is 15.1 Å². The van der Waals surface area contributed by atoms with E-state index in [1.54, 1.807) is 17.4 Å². The summed E-state index contributed by atoms with van der Waals surface area (Å²) in [4.78, 5) is 25.0. The number of thiophene rings is 1. The van der Waals surface area contributed by atoms with Gasteiger partial charge in [-0.15, -0.1) is 11.3 Å². The van der Waals surface area contributed by atoms with Gasteiger partial charge in [-0.3, -0.25) is 9.59 Å². The van der Waals surface area contributed by atoms with Crippen molar-refractivity contribution >= 4 is 17.2 Å². The minimum absolute atomic E-state index is 0.0769. The fourth-order valence-corrected chi connectivity index (χ4v) is 4.06. The van der Waals surface area contributed by atoms with Gasteiger partial charge in [0.1, 0.15) is 5.69 Å². The molecule has 0 spiro atoms. The van der Waals surface area contributed by atoms with Gasteiger partial charge >= 0.3 is 0 Å². The normalized spacial score (nSPS) is 15.2. The Bertz CT molecular complexity index is 733. The Hall–Kier alpha value is -1.95. The molecule has 1 aliphatic carbocycles. The van der Waals surface area contributed by atoms with Crippen molar-refractivity contribution in [3.63, 3.8) is 0 Å². The Labute approximate surface area is 152 Å². The number of nitrogens with one attached hydrogen (secondary N) is 1. The van der Waals surface area contributed by atoms with E-state index in [4.69, 9.17) is 0 Å². The van der Waals surface area contributed by atoms with Crippen LogP contribution in [0.4, 0.5) is 0 Å². The quantitative estimate of drug-likeness (QED) is 0.823. The Morgan fingerprint density at radius 2 is 2.08 bits per heavy atom. The number of hydrogen-bond donors (Lipinski definition) is 1. The highest BCUT2D eigenvalue weighted by atomic mass is 32.1. The molecule has 1 N–H and O–H groups in total. The Balaban J connectivity index is 1.46. The largest absolute Gasteiger partial charge is 0.354 e. The zero-order valence-electron chi connectivity index (χ0n) is 14.4. The van der Waals surface area contributed by atoms with E-state index in [2.05, 4.69) is 10.4 Å². The second-order valence-electron chi connectivity index (χ2n) is 6.65. The topological polar surface area (TPSA) is 64.0 Å². The number of hydrogen-bond acceptors (Lipinski definition) is 4. The van der Waals surface area contributed by atoms with Gasteiger partial charge in [0.25, 0.3) is 5.56 Å². The maximum atomic E-state index is 12.0. The molecule has 2 heterocycles. The molecule has 5 nitrogen and oxygen atoms in total. The van der Waals surface area contributed by atoms with Crippen molar-refractivity contribution < 1.29 is 4.79 Å². The van der Waals surface area contributed by atoms with Crippen molar-refractivity contribution in [3.05, 3.63) is 40.0 Å². The van der Waals surface area contributed by atoms with Gasteiger partial charge in [-0.1, -0.05) is 38.2 Å². The highest BCUT2D eigenvalue weighted by Gasteiger charge is 2.14. The van der Waals surface area contributed by atoms with Crippen LogP contribution in [-0.2, 0) is 11.3 Å². The highest BCUT2D eigenvalue weighted by molar-refractivity contribution is 7.13. The van der Waals surface area contributed by atoms with E-state index < -0.39 is 0 Å². The molecule has 0 radical (unpaired) electrons. The second kappa shape index (κ2) is 8.94. The van der Waals surface area contributed by atoms with Crippen LogP contribution in [0.3, 0.4) is 0 Å². The zero-order valence-corrected chi connectivity index (χ0v) is 15.3. The third-order valence-electron chi connectivity index (χ3n) is 4.79. The smallest absolute Gasteiger partial charge is 0.266 e. The Morgan fingerprint density at radius 1 is 1.24 bits per heavy atom. The maximum absolute atomic E-state index is 12.0. The predicted molar refractivity (Wildman–Crippen MR) is 101 cm³/mol. The average molecular weight is 359 g/mol. The van der Waals surface area contributed by atoms with E-state index >= 15 is 0 Å². The first-order chi connectivity index (χ1) is 12.2. The maximum Gasteiger partial charge on any atom is 0.266 e. The van der Waals surface area contributed by atoms with Crippen molar-refractivity contribution in [2.75, 3.05) is 6.54 Å². The van der Waals surface area contributed by atoms with E-state index in [1.807, 2.05) is 17.5 Å². The minimum Gasteiger partial charge on any atom is -0.354 e. The monoisotopic (exact) mass is 359 g/mol. The zero-order chi connectivity index (χ0) is 17.5. The summed E-state index contributed by atoms with van der Waals surface area (Å²) in [5, 5.41) is 9.30. The molecular weight excluding hydrogens is 334 g/mol. The molecule has 2 aromatic heterocycles. The number of aromatic nitrogens is 2. The van der Waals surface area contributed by atoms with E-state index in [9.17, 15) is 9.59 Å². The molecule has 1 amide bonds. The van der Waals surface area contributed by atoms with Gasteiger partial charge in [0, 0.05) is 19.0 Å². The summed E-state index contributed by atoms with van der Waals surface area (Å²) < 4.78 is 1.43. The van der Waals surface area contributed by atoms with Gasteiger partial charge in [-0.2, -0.15) is 5.10 Å². The summed E-state index contributed by atoms with van der Waals surface area (Å²) in [6.45, 7) is 0.831. The molecule has 25 heavy (non-hydrogen) atoms. The van der Waals surface area contributed by atoms with Crippen molar-refractivity contribution in [3.8, 4) is 10.6 Å². The number of carbonyl (C=O) groups excluding carboxylic acids is 1. The lowest BCUT2D eigenvalue weighted by molar-refractivity contribution is -0.121. The average Bonchev–Trinajstić information content (AvgIpc) is 3.17. The van der Waals surface area contributed by atoms with Gasteiger partial charge < -0.3 is 5.32 Å². The molecule has 1 aliphatic rings. The van der Waals surface area contributed by atoms with Gasteiger partial charge in [0.05, 0.1) is 11.4 Å². The molecule has 1 saturated carbocycles. The summed E-state index contributed by atoms with van der Waals surface area (Å²) >= 11 is 1.59. The molecule has 6 heteroatoms. The standard InChI is InChI=1S/C19H25N3O2S/c23-18(10-8-15-5-2-1-3-6-15)20-12-13-22-19(24)11-9-16(21-22)17-7-4-14-25-17/h4,7,9,11,14-15H,1-3,5-6,8,10,12-13H2,(H,20,23). The van der Waals surface area contributed by atoms with Crippen LogP contribution in [0.5, 0.6) is 0 Å². The molecule has 0 aromatic carbocycles. The molecule has 0 bridgehead atoms. The molecule has 2 aromatic rings. The number of nitrogens with zero attached hydrogens (tertiary/aromatic N) is 2. The molecule has 0 saturated heterocycles. The van der Waals surface area contributed by atoms with Gasteiger partial charge in [-0.05, 0) is 29.9 Å². The summed E-state index contributed by atoms with van der Waals surface area (Å²) in [6.07, 6.45) is 8.06. The van der Waals surface area contributed by atoms with Gasteiger partial charge in [0.15, 0.2) is 0 Å². The number of rotatable bonds is 7. The van der Waals surface area contributed by atoms with Crippen LogP contribution in [0, 0.1) is 5.92 Å². The first kappa shape index (κ1) is 17.9. The third kappa shape index (κ3) is 5.26. The molecule has 1 fully saturated rings. The van der Waals surface area contributed by atoms with Crippen LogP contribution in [0.25, 0.3) is 10.6 Å². The number of amides is 1. The van der Waals surface area contributed by atoms with Crippen molar-refractivity contribution in [1.29, 1.82) is 0 Å². The summed E-state index contributed by atoms with van der Waals surface area (Å²) in [5.41, 5.74) is 0.648. The van der Waals surface area contributed by atoms with E-state index in [0.29, 0.717) is 25.4 Å². The SMILES string of the molecule is O=C(CCC1CCCCC1)NCCn1nc(-c2cccs2)ccc1=O. The molecular formula is C19H25N3O2S. The third-order valence-corrected chi connectivity index (χ3v) is 5.68. The molecule has 0 atom stereocenters. The lowest BCUT2D eigenvalue weighted by atomic mass is 9.86. The van der Waals surface area contributed by atoms with Crippen molar-refractivity contribution in [2.45, 2.75) is 51.5 Å². The van der Waals surface area contributed by atoms with Gasteiger partial charge in [0.2, 0.25) is 5.91 Å². The Kier molecular flexibility index (Phi) is 6.39. The van der Waals surface area contributed by atoms with E-state index in [-0.39, 0.29) is 11.5 Å². The van der Waals surface area contributed by atoms with E-state index in [1.165, 1.54) is 42.9 Å². The van der Waals surface area contributed by atoms with Crippen LogP contribution in [0.1, 0.15) is 44.9 Å². The van der Waals surface area contributed by atoms with Crippen LogP contribution in [-0.4, -0.2) is 22.2 Å². The predicted octanol–water partition coefficient (Wildman–Crippen LogP) is 3.45. The fraction of sp³-hybridized carbons (Fsp3) is 0.526. The first-order valence-electron chi connectivity index (χ1n) is 9.11. The summed E-state index contributed by atoms with van der Waals surface area (Å²) in [7, 11) is 0. The van der Waals surface area contributed by atoms with Crippen molar-refractivity contribution in [2.24, 2.45) is 5.92 Å². The second-order valence-corrected chi connectivity index (χ2v) is 7.60. The van der Waals surface area contributed by atoms with Crippen LogP contribution in [0.2, 0.25) is 0 Å². The minimum atomic E-state index is -0.142. The van der Waals surface area contributed by atoms with E-state index in [0.717, 1.165) is 17.0 Å². The molecule has 134 valence electrons. The Morgan fingerprint density at radius 3 is 2.84 bits per heavy atom. The van der Waals surface area contributed by atoms with Crippen LogP contribution in [0.15, 0.2) is 34.4 Å². The highest BCUT2D eigenvalue weighted by Crippen LogP contribution is 2.27. The lowest BCUT2D eigenvalue weighted by Gasteiger charge is -2.20. The number of carbonyl (C=O) groups is 1. The van der Waals surface area contributed by atoms with Gasteiger partial charge in [-0.25, -0.2) is 4.68 Å². The first-order valence-corrected chi connectivity index (χ1v) is 9.99. The lowest BCUT2D eigenvalue weighted by Crippen LogP contribution is -2.32. The fourth-order valence-electron chi connectivity index (χ4n) is 3.37.